The standard InChI is InChI=1S/C9H12FNO2/c10-7-2-1-3-9(4-7)13-6-8(11)5-12/h1-4,8,12H,5-6,11H2. The fraction of sp³-hybridized carbons (Fsp3) is 0.333. The summed E-state index contributed by atoms with van der Waals surface area (Å²) in [6.45, 7) is 0.0370. The molecule has 1 aromatic carbocycles. The van der Waals surface area contributed by atoms with Crippen molar-refractivity contribution in [3.05, 3.63) is 30.1 Å². The summed E-state index contributed by atoms with van der Waals surface area (Å²) >= 11 is 0. The third-order valence-electron chi connectivity index (χ3n) is 1.49. The Morgan fingerprint density at radius 2 is 2.31 bits per heavy atom. The average Bonchev–Trinajstić information content (AvgIpc) is 2.14. The summed E-state index contributed by atoms with van der Waals surface area (Å²) in [7, 11) is 0. The average molecular weight is 185 g/mol. The molecule has 0 bridgehead atoms. The molecule has 0 aliphatic rings. The molecule has 1 unspecified atom stereocenters. The van der Waals surface area contributed by atoms with Crippen LogP contribution in [0, 0.1) is 5.82 Å². The van der Waals surface area contributed by atoms with Crippen molar-refractivity contribution in [1.29, 1.82) is 0 Å². The molecule has 1 aromatic rings. The van der Waals surface area contributed by atoms with Crippen molar-refractivity contribution in [1.82, 2.24) is 0 Å². The maximum Gasteiger partial charge on any atom is 0.126 e. The number of halogens is 1. The van der Waals surface area contributed by atoms with Crippen LogP contribution in [0.15, 0.2) is 24.3 Å². The number of ether oxygens (including phenoxy) is 1. The van der Waals surface area contributed by atoms with Crippen LogP contribution in [0.5, 0.6) is 5.75 Å². The molecule has 4 heteroatoms. The van der Waals surface area contributed by atoms with Gasteiger partial charge < -0.3 is 15.6 Å². The van der Waals surface area contributed by atoms with Crippen molar-refractivity contribution < 1.29 is 14.2 Å². The lowest BCUT2D eigenvalue weighted by molar-refractivity contribution is 0.206. The molecule has 3 nitrogen and oxygen atoms in total. The van der Waals surface area contributed by atoms with Gasteiger partial charge in [-0.25, -0.2) is 4.39 Å². The van der Waals surface area contributed by atoms with Gasteiger partial charge in [0.05, 0.1) is 12.6 Å². The first-order chi connectivity index (χ1) is 6.22. The van der Waals surface area contributed by atoms with Gasteiger partial charge in [-0.15, -0.1) is 0 Å². The highest BCUT2D eigenvalue weighted by molar-refractivity contribution is 5.22. The quantitative estimate of drug-likeness (QED) is 0.719. The lowest BCUT2D eigenvalue weighted by Crippen LogP contribution is -2.31. The molecule has 0 aliphatic heterocycles. The van der Waals surface area contributed by atoms with Gasteiger partial charge in [0.15, 0.2) is 0 Å². The summed E-state index contributed by atoms with van der Waals surface area (Å²) in [5, 5.41) is 8.59. The summed E-state index contributed by atoms with van der Waals surface area (Å²) in [6, 6.07) is 5.36. The van der Waals surface area contributed by atoms with Gasteiger partial charge in [0, 0.05) is 6.07 Å². The number of aliphatic hydroxyl groups is 1. The highest BCUT2D eigenvalue weighted by Crippen LogP contribution is 2.11. The normalized spacial score (nSPS) is 12.5. The van der Waals surface area contributed by atoms with Gasteiger partial charge in [-0.3, -0.25) is 0 Å². The van der Waals surface area contributed by atoms with E-state index in [1.807, 2.05) is 0 Å². The van der Waals surface area contributed by atoms with E-state index in [9.17, 15) is 4.39 Å². The number of hydrogen-bond acceptors (Lipinski definition) is 3. The molecule has 0 aromatic heterocycles. The Labute approximate surface area is 75.9 Å². The van der Waals surface area contributed by atoms with Crippen LogP contribution in [-0.4, -0.2) is 24.4 Å². The first-order valence-corrected chi connectivity index (χ1v) is 3.97. The van der Waals surface area contributed by atoms with Gasteiger partial charge in [0.2, 0.25) is 0 Å². The van der Waals surface area contributed by atoms with Crippen LogP contribution in [-0.2, 0) is 0 Å². The molecule has 3 N–H and O–H groups in total. The molecule has 0 heterocycles. The zero-order valence-electron chi connectivity index (χ0n) is 7.11. The molecule has 1 rings (SSSR count). The van der Waals surface area contributed by atoms with E-state index < -0.39 is 6.04 Å². The van der Waals surface area contributed by atoms with Crippen LogP contribution in [0.4, 0.5) is 4.39 Å². The Balaban J connectivity index is 2.45. The summed E-state index contributed by atoms with van der Waals surface area (Å²) in [5.74, 6) is 0.0685. The Hall–Kier alpha value is -1.13. The van der Waals surface area contributed by atoms with Crippen LogP contribution >= 0.6 is 0 Å². The number of rotatable bonds is 4. The van der Waals surface area contributed by atoms with Gasteiger partial charge in [0.1, 0.15) is 18.2 Å². The SMILES string of the molecule is NC(CO)COc1cccc(F)c1. The molecule has 0 fully saturated rings. The summed E-state index contributed by atoms with van der Waals surface area (Å²) < 4.78 is 17.7. The molecular formula is C9H12FNO2. The van der Waals surface area contributed by atoms with E-state index in [2.05, 4.69) is 0 Å². The van der Waals surface area contributed by atoms with E-state index in [-0.39, 0.29) is 19.0 Å². The molecule has 0 spiro atoms. The third kappa shape index (κ3) is 3.40. The molecule has 0 saturated carbocycles. The second-order valence-corrected chi connectivity index (χ2v) is 2.71. The van der Waals surface area contributed by atoms with Crippen LogP contribution < -0.4 is 10.5 Å². The largest absolute Gasteiger partial charge is 0.492 e. The van der Waals surface area contributed by atoms with E-state index in [1.165, 1.54) is 12.1 Å². The number of benzene rings is 1. The van der Waals surface area contributed by atoms with Crippen molar-refractivity contribution in [3.8, 4) is 5.75 Å². The van der Waals surface area contributed by atoms with E-state index in [0.29, 0.717) is 5.75 Å². The number of aliphatic hydroxyl groups excluding tert-OH is 1. The Morgan fingerprint density at radius 3 is 2.92 bits per heavy atom. The lowest BCUT2D eigenvalue weighted by Gasteiger charge is -2.09. The zero-order valence-corrected chi connectivity index (χ0v) is 7.11. The van der Waals surface area contributed by atoms with Crippen LogP contribution in [0.1, 0.15) is 0 Å². The summed E-state index contributed by atoms with van der Waals surface area (Å²) in [4.78, 5) is 0. The predicted molar refractivity (Wildman–Crippen MR) is 47.0 cm³/mol. The molecule has 13 heavy (non-hydrogen) atoms. The topological polar surface area (TPSA) is 55.5 Å². The smallest absolute Gasteiger partial charge is 0.126 e. The minimum atomic E-state index is -0.428. The summed E-state index contributed by atoms with van der Waals surface area (Å²) in [6.07, 6.45) is 0. The van der Waals surface area contributed by atoms with E-state index in [0.717, 1.165) is 0 Å². The lowest BCUT2D eigenvalue weighted by atomic mass is 10.3. The number of hydrogen-bond donors (Lipinski definition) is 2. The van der Waals surface area contributed by atoms with Crippen molar-refractivity contribution in [2.24, 2.45) is 5.73 Å². The monoisotopic (exact) mass is 185 g/mol. The highest BCUT2D eigenvalue weighted by Gasteiger charge is 2.01. The zero-order chi connectivity index (χ0) is 9.68. The number of nitrogens with two attached hydrogens (primary N) is 1. The van der Waals surface area contributed by atoms with Crippen LogP contribution in [0.2, 0.25) is 0 Å². The first-order valence-electron chi connectivity index (χ1n) is 3.97. The third-order valence-corrected chi connectivity index (χ3v) is 1.49. The molecule has 0 aliphatic carbocycles. The van der Waals surface area contributed by atoms with E-state index in [1.54, 1.807) is 12.1 Å². The van der Waals surface area contributed by atoms with Crippen molar-refractivity contribution in [3.63, 3.8) is 0 Å². The van der Waals surface area contributed by atoms with Gasteiger partial charge in [-0.05, 0) is 12.1 Å². The second-order valence-electron chi connectivity index (χ2n) is 2.71. The minimum absolute atomic E-state index is 0.144. The molecule has 0 amide bonds. The predicted octanol–water partition coefficient (Wildman–Crippen LogP) is 0.524. The van der Waals surface area contributed by atoms with Gasteiger partial charge in [0.25, 0.3) is 0 Å². The van der Waals surface area contributed by atoms with Crippen LogP contribution in [0.3, 0.4) is 0 Å². The molecule has 1 atom stereocenters. The van der Waals surface area contributed by atoms with Crippen molar-refractivity contribution in [2.75, 3.05) is 13.2 Å². The Kier molecular flexibility index (Phi) is 3.67. The van der Waals surface area contributed by atoms with E-state index >= 15 is 0 Å². The second kappa shape index (κ2) is 4.79. The Bertz CT molecular complexity index is 268. The van der Waals surface area contributed by atoms with Gasteiger partial charge in [-0.1, -0.05) is 6.07 Å². The van der Waals surface area contributed by atoms with Crippen LogP contribution in [0.25, 0.3) is 0 Å². The molecule has 72 valence electrons. The molecule has 0 radical (unpaired) electrons. The molecular weight excluding hydrogens is 173 g/mol. The Morgan fingerprint density at radius 1 is 1.54 bits per heavy atom. The highest BCUT2D eigenvalue weighted by atomic mass is 19.1. The van der Waals surface area contributed by atoms with Gasteiger partial charge in [-0.2, -0.15) is 0 Å². The van der Waals surface area contributed by atoms with E-state index in [4.69, 9.17) is 15.6 Å². The minimum Gasteiger partial charge on any atom is -0.492 e. The van der Waals surface area contributed by atoms with Gasteiger partial charge >= 0.3 is 0 Å². The fourth-order valence-electron chi connectivity index (χ4n) is 0.813. The maximum atomic E-state index is 12.6. The van der Waals surface area contributed by atoms with Crippen molar-refractivity contribution in [2.45, 2.75) is 6.04 Å². The summed E-state index contributed by atoms with van der Waals surface area (Å²) in [5.41, 5.74) is 5.39. The van der Waals surface area contributed by atoms with Crippen molar-refractivity contribution >= 4 is 0 Å². The first kappa shape index (κ1) is 9.95. The fourth-order valence-corrected chi connectivity index (χ4v) is 0.813. The molecule has 0 saturated heterocycles. The maximum absolute atomic E-state index is 12.6.